The molecule has 1 aliphatic rings. The topological polar surface area (TPSA) is 18.5 Å². The van der Waals surface area contributed by atoms with Crippen molar-refractivity contribution in [2.45, 2.75) is 0 Å². The SMILES string of the molecule is [c]1cccc2c1OC=CCO2. The normalized spacial score (nSPS) is 14.2. The van der Waals surface area contributed by atoms with Crippen LogP contribution >= 0.6 is 0 Å². The second kappa shape index (κ2) is 2.66. The van der Waals surface area contributed by atoms with Gasteiger partial charge in [0.2, 0.25) is 0 Å². The van der Waals surface area contributed by atoms with Crippen LogP contribution in [-0.4, -0.2) is 6.61 Å². The quantitative estimate of drug-likeness (QED) is 0.556. The molecule has 0 N–H and O–H groups in total. The fraction of sp³-hybridized carbons (Fsp3) is 0.111. The molecule has 0 bridgehead atoms. The highest BCUT2D eigenvalue weighted by Gasteiger charge is 2.04. The molecule has 0 atom stereocenters. The Balaban J connectivity index is 2.40. The number of rotatable bonds is 0. The zero-order valence-corrected chi connectivity index (χ0v) is 5.91. The van der Waals surface area contributed by atoms with Crippen LogP contribution < -0.4 is 9.47 Å². The Labute approximate surface area is 65.1 Å². The summed E-state index contributed by atoms with van der Waals surface area (Å²) in [5.74, 6) is 1.40. The molecule has 1 radical (unpaired) electrons. The van der Waals surface area contributed by atoms with Crippen LogP contribution in [0, 0.1) is 6.07 Å². The van der Waals surface area contributed by atoms with E-state index >= 15 is 0 Å². The van der Waals surface area contributed by atoms with Crippen LogP contribution in [0.5, 0.6) is 11.5 Å². The summed E-state index contributed by atoms with van der Waals surface area (Å²) in [7, 11) is 0. The summed E-state index contributed by atoms with van der Waals surface area (Å²) in [4.78, 5) is 0. The average molecular weight is 147 g/mol. The van der Waals surface area contributed by atoms with Gasteiger partial charge in [-0.25, -0.2) is 0 Å². The summed E-state index contributed by atoms with van der Waals surface area (Å²) in [5, 5.41) is 0. The van der Waals surface area contributed by atoms with E-state index in [1.54, 1.807) is 12.3 Å². The van der Waals surface area contributed by atoms with Crippen LogP contribution in [0.2, 0.25) is 0 Å². The first-order valence-corrected chi connectivity index (χ1v) is 3.42. The van der Waals surface area contributed by atoms with Gasteiger partial charge in [-0.2, -0.15) is 0 Å². The maximum atomic E-state index is 5.31. The second-order valence-electron chi connectivity index (χ2n) is 2.16. The molecule has 11 heavy (non-hydrogen) atoms. The third-order valence-electron chi connectivity index (χ3n) is 1.40. The zero-order valence-electron chi connectivity index (χ0n) is 5.91. The van der Waals surface area contributed by atoms with Crippen molar-refractivity contribution in [3.8, 4) is 11.5 Å². The molecule has 0 spiro atoms. The van der Waals surface area contributed by atoms with E-state index in [1.807, 2.05) is 18.2 Å². The summed E-state index contributed by atoms with van der Waals surface area (Å²) in [6.07, 6.45) is 3.43. The minimum Gasteiger partial charge on any atom is -0.485 e. The van der Waals surface area contributed by atoms with E-state index < -0.39 is 0 Å². The predicted octanol–water partition coefficient (Wildman–Crippen LogP) is 1.77. The van der Waals surface area contributed by atoms with E-state index in [4.69, 9.17) is 9.47 Å². The van der Waals surface area contributed by atoms with E-state index in [9.17, 15) is 0 Å². The summed E-state index contributed by atoms with van der Waals surface area (Å²) in [6, 6.07) is 8.45. The predicted molar refractivity (Wildman–Crippen MR) is 40.5 cm³/mol. The zero-order chi connectivity index (χ0) is 7.52. The van der Waals surface area contributed by atoms with Crippen molar-refractivity contribution in [2.24, 2.45) is 0 Å². The molecule has 0 saturated heterocycles. The molecule has 2 nitrogen and oxygen atoms in total. The molecule has 1 aliphatic heterocycles. The maximum absolute atomic E-state index is 5.31. The van der Waals surface area contributed by atoms with Gasteiger partial charge in [-0.05, 0) is 12.1 Å². The maximum Gasteiger partial charge on any atom is 0.176 e. The molecule has 0 aliphatic carbocycles. The molecule has 0 aromatic heterocycles. The van der Waals surface area contributed by atoms with Gasteiger partial charge in [0, 0.05) is 6.07 Å². The van der Waals surface area contributed by atoms with Crippen LogP contribution in [0.25, 0.3) is 0 Å². The van der Waals surface area contributed by atoms with Gasteiger partial charge in [-0.3, -0.25) is 0 Å². The largest absolute Gasteiger partial charge is 0.485 e. The molecule has 2 heteroatoms. The van der Waals surface area contributed by atoms with Gasteiger partial charge in [0.15, 0.2) is 11.5 Å². The molecule has 0 unspecified atom stereocenters. The molecule has 1 heterocycles. The molecule has 0 saturated carbocycles. The molecule has 0 fully saturated rings. The van der Waals surface area contributed by atoms with Crippen molar-refractivity contribution in [3.05, 3.63) is 36.6 Å². The highest BCUT2D eigenvalue weighted by atomic mass is 16.5. The number of fused-ring (bicyclic) bond motifs is 1. The first-order chi connectivity index (χ1) is 5.47. The van der Waals surface area contributed by atoms with Crippen LogP contribution in [0.3, 0.4) is 0 Å². The lowest BCUT2D eigenvalue weighted by Gasteiger charge is -2.03. The lowest BCUT2D eigenvalue weighted by Crippen LogP contribution is -1.90. The molecule has 1 aromatic rings. The number of ether oxygens (including phenoxy) is 2. The van der Waals surface area contributed by atoms with E-state index in [-0.39, 0.29) is 0 Å². The minimum absolute atomic E-state index is 0.560. The van der Waals surface area contributed by atoms with Crippen molar-refractivity contribution < 1.29 is 9.47 Å². The minimum atomic E-state index is 0.560. The fourth-order valence-electron chi connectivity index (χ4n) is 0.905. The summed E-state index contributed by atoms with van der Waals surface area (Å²) < 4.78 is 10.5. The van der Waals surface area contributed by atoms with Crippen molar-refractivity contribution in [1.82, 2.24) is 0 Å². The van der Waals surface area contributed by atoms with Crippen LogP contribution in [0.1, 0.15) is 0 Å². The summed E-state index contributed by atoms with van der Waals surface area (Å²) in [6.45, 7) is 0.560. The van der Waals surface area contributed by atoms with Crippen molar-refractivity contribution in [1.29, 1.82) is 0 Å². The summed E-state index contributed by atoms with van der Waals surface area (Å²) in [5.41, 5.74) is 0. The standard InChI is InChI=1S/C9H7O2/c1-2-5-9-8(4-1)10-6-3-7-11-9/h1-4,7H,6H2. The van der Waals surface area contributed by atoms with Gasteiger partial charge in [-0.15, -0.1) is 0 Å². The van der Waals surface area contributed by atoms with Crippen molar-refractivity contribution in [3.63, 3.8) is 0 Å². The van der Waals surface area contributed by atoms with Crippen LogP contribution in [-0.2, 0) is 0 Å². The van der Waals surface area contributed by atoms with E-state index in [1.165, 1.54) is 0 Å². The lowest BCUT2D eigenvalue weighted by atomic mass is 10.3. The van der Waals surface area contributed by atoms with Gasteiger partial charge in [0.25, 0.3) is 0 Å². The number of para-hydroxylation sites is 1. The molecular weight excluding hydrogens is 140 g/mol. The monoisotopic (exact) mass is 147 g/mol. The van der Waals surface area contributed by atoms with Gasteiger partial charge in [-0.1, -0.05) is 12.1 Å². The van der Waals surface area contributed by atoms with Crippen LogP contribution in [0.4, 0.5) is 0 Å². The van der Waals surface area contributed by atoms with Crippen molar-refractivity contribution >= 4 is 0 Å². The second-order valence-corrected chi connectivity index (χ2v) is 2.16. The smallest absolute Gasteiger partial charge is 0.176 e. The molecule has 55 valence electrons. The highest BCUT2D eigenvalue weighted by Crippen LogP contribution is 2.27. The Hall–Kier alpha value is -1.44. The van der Waals surface area contributed by atoms with E-state index in [2.05, 4.69) is 6.07 Å². The number of benzene rings is 1. The molecule has 1 aromatic carbocycles. The molecule has 2 rings (SSSR count). The molecule has 0 amide bonds. The first-order valence-electron chi connectivity index (χ1n) is 3.42. The lowest BCUT2D eigenvalue weighted by molar-refractivity contribution is 0.356. The van der Waals surface area contributed by atoms with Crippen LogP contribution in [0.15, 0.2) is 30.5 Å². The third kappa shape index (κ3) is 1.19. The van der Waals surface area contributed by atoms with E-state index in [0.717, 1.165) is 5.75 Å². The van der Waals surface area contributed by atoms with E-state index in [0.29, 0.717) is 12.4 Å². The Morgan fingerprint density at radius 3 is 3.45 bits per heavy atom. The Morgan fingerprint density at radius 1 is 1.45 bits per heavy atom. The number of hydrogen-bond acceptors (Lipinski definition) is 2. The Kier molecular flexibility index (Phi) is 1.52. The third-order valence-corrected chi connectivity index (χ3v) is 1.40. The Bertz CT molecular complexity index is 279. The Morgan fingerprint density at radius 2 is 2.45 bits per heavy atom. The van der Waals surface area contributed by atoms with Crippen molar-refractivity contribution in [2.75, 3.05) is 6.61 Å². The summed E-state index contributed by atoms with van der Waals surface area (Å²) >= 11 is 0. The molecular formula is C9H7O2. The fourth-order valence-corrected chi connectivity index (χ4v) is 0.905. The van der Waals surface area contributed by atoms with Gasteiger partial charge in [0.1, 0.15) is 6.61 Å². The van der Waals surface area contributed by atoms with Gasteiger partial charge >= 0.3 is 0 Å². The van der Waals surface area contributed by atoms with Gasteiger partial charge in [0.05, 0.1) is 6.26 Å². The highest BCUT2D eigenvalue weighted by molar-refractivity contribution is 5.39. The number of hydrogen-bond donors (Lipinski definition) is 0. The first kappa shape index (κ1) is 6.28. The van der Waals surface area contributed by atoms with Gasteiger partial charge < -0.3 is 9.47 Å². The average Bonchev–Trinajstić information content (AvgIpc) is 2.28.